The number of nitrogens with one attached hydrogen (secondary N) is 1. The number of nitrogens with zero attached hydrogens (tertiary/aromatic N) is 1. The first-order valence-corrected chi connectivity index (χ1v) is 8.57. The van der Waals surface area contributed by atoms with Crippen LogP contribution >= 0.6 is 0 Å². The standard InChI is InChI=1S/C20H20FN3O2/c21-13-3-1-2-11(6-13)12-4-5-16-17(7-12)19(22)23-10-18(16)20(26)24-14-8-15(25)9-14/h1-7,10,14-15,20,24-26H,8-9H2,(H2,22,23). The van der Waals surface area contributed by atoms with Crippen LogP contribution < -0.4 is 11.1 Å². The number of rotatable bonds is 4. The van der Waals surface area contributed by atoms with Gasteiger partial charge in [-0.2, -0.15) is 0 Å². The van der Waals surface area contributed by atoms with Gasteiger partial charge in [-0.05, 0) is 47.6 Å². The highest BCUT2D eigenvalue weighted by Gasteiger charge is 2.29. The maximum absolute atomic E-state index is 13.5. The Bertz CT molecular complexity index is 957. The van der Waals surface area contributed by atoms with E-state index >= 15 is 0 Å². The van der Waals surface area contributed by atoms with Crippen molar-refractivity contribution in [3.63, 3.8) is 0 Å². The third-order valence-corrected chi connectivity index (χ3v) is 4.91. The lowest BCUT2D eigenvalue weighted by molar-refractivity contribution is 0.0272. The number of fused-ring (bicyclic) bond motifs is 1. The van der Waals surface area contributed by atoms with E-state index < -0.39 is 6.23 Å². The van der Waals surface area contributed by atoms with Crippen LogP contribution in [-0.2, 0) is 0 Å². The summed E-state index contributed by atoms with van der Waals surface area (Å²) in [6, 6.07) is 12.0. The van der Waals surface area contributed by atoms with Crippen molar-refractivity contribution in [2.75, 3.05) is 5.73 Å². The number of pyridine rings is 1. The van der Waals surface area contributed by atoms with Crippen molar-refractivity contribution in [2.24, 2.45) is 0 Å². The number of hydrogen-bond donors (Lipinski definition) is 4. The minimum absolute atomic E-state index is 0.0826. The molecule has 6 heteroatoms. The third kappa shape index (κ3) is 3.14. The van der Waals surface area contributed by atoms with Crippen molar-refractivity contribution in [3.05, 3.63) is 60.0 Å². The molecular weight excluding hydrogens is 333 g/mol. The van der Waals surface area contributed by atoms with E-state index in [-0.39, 0.29) is 18.0 Å². The lowest BCUT2D eigenvalue weighted by atomic mass is 9.89. The summed E-state index contributed by atoms with van der Waals surface area (Å²) in [6.07, 6.45) is 1.62. The maximum Gasteiger partial charge on any atom is 0.133 e. The molecule has 1 atom stereocenters. The largest absolute Gasteiger partial charge is 0.393 e. The summed E-state index contributed by atoms with van der Waals surface area (Å²) in [5, 5.41) is 24.5. The summed E-state index contributed by atoms with van der Waals surface area (Å²) in [6.45, 7) is 0. The van der Waals surface area contributed by atoms with E-state index in [1.807, 2.05) is 24.3 Å². The molecule has 1 saturated carbocycles. The Kier molecular flexibility index (Phi) is 4.32. The van der Waals surface area contributed by atoms with E-state index in [4.69, 9.17) is 5.73 Å². The Morgan fingerprint density at radius 2 is 1.88 bits per heavy atom. The van der Waals surface area contributed by atoms with Crippen LogP contribution in [0.25, 0.3) is 21.9 Å². The molecule has 26 heavy (non-hydrogen) atoms. The molecule has 1 unspecified atom stereocenters. The van der Waals surface area contributed by atoms with Crippen LogP contribution in [0.2, 0.25) is 0 Å². The number of benzene rings is 2. The van der Waals surface area contributed by atoms with E-state index in [9.17, 15) is 14.6 Å². The lowest BCUT2D eigenvalue weighted by Crippen LogP contribution is -2.45. The van der Waals surface area contributed by atoms with Gasteiger partial charge in [0.2, 0.25) is 0 Å². The molecule has 0 amide bonds. The van der Waals surface area contributed by atoms with Crippen molar-refractivity contribution in [2.45, 2.75) is 31.2 Å². The zero-order chi connectivity index (χ0) is 18.3. The average Bonchev–Trinajstić information content (AvgIpc) is 2.60. The number of aromatic nitrogens is 1. The maximum atomic E-state index is 13.5. The molecular formula is C20H20FN3O2. The van der Waals surface area contributed by atoms with Gasteiger partial charge in [0.1, 0.15) is 17.9 Å². The fourth-order valence-electron chi connectivity index (χ4n) is 3.39. The van der Waals surface area contributed by atoms with Crippen molar-refractivity contribution < 1.29 is 14.6 Å². The van der Waals surface area contributed by atoms with Crippen LogP contribution in [0.3, 0.4) is 0 Å². The molecule has 2 aromatic carbocycles. The van der Waals surface area contributed by atoms with E-state index in [2.05, 4.69) is 10.3 Å². The molecule has 1 heterocycles. The van der Waals surface area contributed by atoms with Crippen LogP contribution in [0.15, 0.2) is 48.7 Å². The number of aliphatic hydroxyl groups excluding tert-OH is 2. The quantitative estimate of drug-likeness (QED) is 0.542. The Morgan fingerprint density at radius 3 is 2.62 bits per heavy atom. The predicted molar refractivity (Wildman–Crippen MR) is 98.7 cm³/mol. The van der Waals surface area contributed by atoms with Crippen LogP contribution in [0.1, 0.15) is 24.6 Å². The van der Waals surface area contributed by atoms with Crippen LogP contribution in [0.5, 0.6) is 0 Å². The highest BCUT2D eigenvalue weighted by Crippen LogP contribution is 2.32. The molecule has 5 nitrogen and oxygen atoms in total. The summed E-state index contributed by atoms with van der Waals surface area (Å²) >= 11 is 0. The lowest BCUT2D eigenvalue weighted by Gasteiger charge is -2.34. The minimum atomic E-state index is -0.900. The zero-order valence-corrected chi connectivity index (χ0v) is 14.1. The molecule has 0 bridgehead atoms. The van der Waals surface area contributed by atoms with Gasteiger partial charge >= 0.3 is 0 Å². The number of aliphatic hydroxyl groups is 2. The van der Waals surface area contributed by atoms with Gasteiger partial charge in [0.05, 0.1) is 6.10 Å². The highest BCUT2D eigenvalue weighted by molar-refractivity contribution is 5.96. The molecule has 4 rings (SSSR count). The van der Waals surface area contributed by atoms with Gasteiger partial charge in [0.15, 0.2) is 0 Å². The fourth-order valence-corrected chi connectivity index (χ4v) is 3.39. The normalized spacial score (nSPS) is 20.7. The monoisotopic (exact) mass is 353 g/mol. The van der Waals surface area contributed by atoms with Crippen LogP contribution in [0.4, 0.5) is 10.2 Å². The summed E-state index contributed by atoms with van der Waals surface area (Å²) in [7, 11) is 0. The van der Waals surface area contributed by atoms with Gasteiger partial charge in [-0.15, -0.1) is 0 Å². The molecule has 5 N–H and O–H groups in total. The van der Waals surface area contributed by atoms with E-state index in [1.165, 1.54) is 12.1 Å². The van der Waals surface area contributed by atoms with Gasteiger partial charge in [-0.3, -0.25) is 5.32 Å². The first-order valence-electron chi connectivity index (χ1n) is 8.57. The molecule has 1 fully saturated rings. The Balaban J connectivity index is 1.71. The smallest absolute Gasteiger partial charge is 0.133 e. The SMILES string of the molecule is Nc1ncc(C(O)NC2CC(O)C2)c2ccc(-c3cccc(F)c3)cc12. The summed E-state index contributed by atoms with van der Waals surface area (Å²) in [4.78, 5) is 4.20. The fraction of sp³-hybridized carbons (Fsp3) is 0.250. The first kappa shape index (κ1) is 16.9. The van der Waals surface area contributed by atoms with Gasteiger partial charge in [-0.1, -0.05) is 24.3 Å². The first-order chi connectivity index (χ1) is 12.5. The third-order valence-electron chi connectivity index (χ3n) is 4.91. The van der Waals surface area contributed by atoms with Gasteiger partial charge < -0.3 is 15.9 Å². The molecule has 0 spiro atoms. The van der Waals surface area contributed by atoms with Crippen molar-refractivity contribution in [1.29, 1.82) is 0 Å². The second kappa shape index (κ2) is 6.64. The topological polar surface area (TPSA) is 91.4 Å². The number of hydrogen-bond acceptors (Lipinski definition) is 5. The Morgan fingerprint density at radius 1 is 1.12 bits per heavy atom. The molecule has 1 aromatic heterocycles. The number of halogens is 1. The van der Waals surface area contributed by atoms with E-state index in [1.54, 1.807) is 12.3 Å². The second-order valence-electron chi connectivity index (χ2n) is 6.76. The molecule has 0 saturated heterocycles. The number of nitrogen functional groups attached to an aromatic ring is 1. The van der Waals surface area contributed by atoms with Gasteiger partial charge in [-0.25, -0.2) is 9.37 Å². The van der Waals surface area contributed by atoms with Crippen molar-refractivity contribution in [1.82, 2.24) is 10.3 Å². The van der Waals surface area contributed by atoms with Crippen LogP contribution in [0, 0.1) is 5.82 Å². The molecule has 0 aliphatic heterocycles. The van der Waals surface area contributed by atoms with Crippen LogP contribution in [-0.4, -0.2) is 27.3 Å². The van der Waals surface area contributed by atoms with Gasteiger partial charge in [0, 0.05) is 23.2 Å². The summed E-state index contributed by atoms with van der Waals surface area (Å²) in [5.74, 6) is 0.0537. The summed E-state index contributed by atoms with van der Waals surface area (Å²) < 4.78 is 13.5. The molecule has 1 aliphatic carbocycles. The van der Waals surface area contributed by atoms with E-state index in [0.717, 1.165) is 16.5 Å². The minimum Gasteiger partial charge on any atom is -0.393 e. The highest BCUT2D eigenvalue weighted by atomic mass is 19.1. The van der Waals surface area contributed by atoms with Crippen molar-refractivity contribution >= 4 is 16.6 Å². The predicted octanol–water partition coefficient (Wildman–Crippen LogP) is 2.73. The Labute approximate surface area is 150 Å². The average molecular weight is 353 g/mol. The zero-order valence-electron chi connectivity index (χ0n) is 14.1. The number of nitrogens with two attached hydrogens (primary N) is 1. The van der Waals surface area contributed by atoms with Gasteiger partial charge in [0.25, 0.3) is 0 Å². The molecule has 3 aromatic rings. The molecule has 134 valence electrons. The van der Waals surface area contributed by atoms with Crippen molar-refractivity contribution in [3.8, 4) is 11.1 Å². The Hall–Kier alpha value is -2.54. The van der Waals surface area contributed by atoms with E-state index in [0.29, 0.717) is 29.6 Å². The molecule has 1 aliphatic rings. The number of anilines is 1. The molecule has 0 radical (unpaired) electrons. The second-order valence-corrected chi connectivity index (χ2v) is 6.76. The summed E-state index contributed by atoms with van der Waals surface area (Å²) in [5.41, 5.74) is 8.24.